The van der Waals surface area contributed by atoms with Gasteiger partial charge in [-0.25, -0.2) is 0 Å². The summed E-state index contributed by atoms with van der Waals surface area (Å²) < 4.78 is 0. The van der Waals surface area contributed by atoms with E-state index in [0.717, 1.165) is 32.4 Å². The number of likely N-dealkylation sites (tertiary alicyclic amines) is 1. The Kier molecular flexibility index (Phi) is 3.84. The fourth-order valence-electron chi connectivity index (χ4n) is 2.70. The lowest BCUT2D eigenvalue weighted by atomic mass is 9.83. The van der Waals surface area contributed by atoms with Gasteiger partial charge in [0.25, 0.3) is 0 Å². The molecule has 1 saturated heterocycles. The molecule has 1 fully saturated rings. The molecule has 0 radical (unpaired) electrons. The number of aliphatic carboxylic acids is 1. The van der Waals surface area contributed by atoms with Gasteiger partial charge in [0.15, 0.2) is 0 Å². The Balaban J connectivity index is 1.99. The van der Waals surface area contributed by atoms with Crippen molar-refractivity contribution in [2.45, 2.75) is 32.7 Å². The number of carboxylic acids is 1. The first-order valence-corrected chi connectivity index (χ1v) is 7.07. The van der Waals surface area contributed by atoms with Crippen LogP contribution in [0.4, 0.5) is 0 Å². The third-order valence-electron chi connectivity index (χ3n) is 3.60. The van der Waals surface area contributed by atoms with E-state index in [1.165, 1.54) is 5.56 Å². The maximum atomic E-state index is 11.4. The van der Waals surface area contributed by atoms with E-state index in [-0.39, 0.29) is 0 Å². The minimum atomic E-state index is -0.618. The highest BCUT2D eigenvalue weighted by molar-refractivity contribution is 7.07. The zero-order valence-electron chi connectivity index (χ0n) is 10.2. The largest absolute Gasteiger partial charge is 0.481 e. The van der Waals surface area contributed by atoms with Crippen LogP contribution < -0.4 is 0 Å². The van der Waals surface area contributed by atoms with E-state index in [1.807, 2.05) is 0 Å². The number of carboxylic acid groups (broad SMARTS) is 1. The Morgan fingerprint density at radius 2 is 2.47 bits per heavy atom. The summed E-state index contributed by atoms with van der Waals surface area (Å²) in [5.41, 5.74) is 0.804. The van der Waals surface area contributed by atoms with Gasteiger partial charge in [-0.15, -0.1) is 0 Å². The van der Waals surface area contributed by atoms with Gasteiger partial charge in [0.2, 0.25) is 0 Å². The zero-order valence-corrected chi connectivity index (χ0v) is 11.0. The molecule has 1 aliphatic heterocycles. The van der Waals surface area contributed by atoms with E-state index < -0.39 is 11.4 Å². The molecule has 0 bridgehead atoms. The second-order valence-electron chi connectivity index (χ2n) is 4.93. The van der Waals surface area contributed by atoms with Crippen LogP contribution in [0.15, 0.2) is 16.8 Å². The van der Waals surface area contributed by atoms with Crippen molar-refractivity contribution in [2.24, 2.45) is 5.41 Å². The number of rotatable bonds is 5. The average Bonchev–Trinajstić information content (AvgIpc) is 2.90. The van der Waals surface area contributed by atoms with Crippen LogP contribution in [0.3, 0.4) is 0 Å². The molecule has 0 amide bonds. The molecule has 1 aromatic heterocycles. The van der Waals surface area contributed by atoms with Gasteiger partial charge in [0.1, 0.15) is 0 Å². The predicted molar refractivity (Wildman–Crippen MR) is 69.2 cm³/mol. The van der Waals surface area contributed by atoms with Crippen LogP contribution in [0.1, 0.15) is 31.7 Å². The van der Waals surface area contributed by atoms with Gasteiger partial charge in [-0.3, -0.25) is 9.69 Å². The summed E-state index contributed by atoms with van der Waals surface area (Å²) in [4.78, 5) is 13.7. The first-order chi connectivity index (χ1) is 8.16. The molecule has 0 saturated carbocycles. The lowest BCUT2D eigenvalue weighted by Crippen LogP contribution is -2.34. The van der Waals surface area contributed by atoms with Gasteiger partial charge in [-0.1, -0.05) is 13.3 Å². The van der Waals surface area contributed by atoms with Gasteiger partial charge in [0, 0.05) is 13.1 Å². The molecule has 1 aliphatic rings. The number of nitrogens with zero attached hydrogens (tertiary/aromatic N) is 1. The lowest BCUT2D eigenvalue weighted by molar-refractivity contribution is -0.148. The van der Waals surface area contributed by atoms with Crippen molar-refractivity contribution in [2.75, 3.05) is 13.1 Å². The highest BCUT2D eigenvalue weighted by atomic mass is 32.1. The number of hydrogen-bond donors (Lipinski definition) is 1. The third-order valence-corrected chi connectivity index (χ3v) is 4.33. The first-order valence-electron chi connectivity index (χ1n) is 6.13. The molecule has 17 heavy (non-hydrogen) atoms. The van der Waals surface area contributed by atoms with Crippen LogP contribution >= 0.6 is 11.3 Å². The summed E-state index contributed by atoms with van der Waals surface area (Å²) in [7, 11) is 0. The molecule has 1 N–H and O–H groups in total. The Bertz CT molecular complexity index is 377. The van der Waals surface area contributed by atoms with E-state index in [4.69, 9.17) is 0 Å². The van der Waals surface area contributed by atoms with E-state index in [9.17, 15) is 9.90 Å². The highest BCUT2D eigenvalue weighted by Gasteiger charge is 2.43. The Morgan fingerprint density at radius 3 is 3.06 bits per heavy atom. The van der Waals surface area contributed by atoms with Gasteiger partial charge < -0.3 is 5.11 Å². The molecular formula is C13H19NO2S. The number of hydrogen-bond acceptors (Lipinski definition) is 3. The summed E-state index contributed by atoms with van der Waals surface area (Å²) in [5.74, 6) is -0.618. The fourth-order valence-corrected chi connectivity index (χ4v) is 3.36. The molecule has 2 rings (SSSR count). The van der Waals surface area contributed by atoms with Crippen molar-refractivity contribution in [1.29, 1.82) is 0 Å². The van der Waals surface area contributed by atoms with Crippen LogP contribution in [0, 0.1) is 5.41 Å². The molecule has 94 valence electrons. The second-order valence-corrected chi connectivity index (χ2v) is 5.71. The van der Waals surface area contributed by atoms with Crippen LogP contribution in [0.25, 0.3) is 0 Å². The van der Waals surface area contributed by atoms with Crippen molar-refractivity contribution in [3.8, 4) is 0 Å². The number of thiophene rings is 1. The zero-order chi connectivity index (χ0) is 12.3. The minimum absolute atomic E-state index is 0.495. The van der Waals surface area contributed by atoms with Crippen molar-refractivity contribution in [1.82, 2.24) is 4.90 Å². The van der Waals surface area contributed by atoms with Crippen molar-refractivity contribution >= 4 is 17.3 Å². The molecule has 2 heterocycles. The standard InChI is InChI=1S/C13H19NO2S/c1-2-4-13(12(15)16)5-6-14(10-13)8-11-3-7-17-9-11/h3,7,9H,2,4-6,8,10H2,1H3,(H,15,16). The second kappa shape index (κ2) is 5.19. The van der Waals surface area contributed by atoms with E-state index >= 15 is 0 Å². The minimum Gasteiger partial charge on any atom is -0.481 e. The SMILES string of the molecule is CCCC1(C(=O)O)CCN(Cc2ccsc2)C1. The van der Waals surface area contributed by atoms with Crippen LogP contribution in [-0.2, 0) is 11.3 Å². The Morgan fingerprint density at radius 1 is 1.65 bits per heavy atom. The first kappa shape index (κ1) is 12.6. The van der Waals surface area contributed by atoms with Crippen molar-refractivity contribution in [3.63, 3.8) is 0 Å². The summed E-state index contributed by atoms with van der Waals surface area (Å²) in [6, 6.07) is 2.12. The summed E-state index contributed by atoms with van der Waals surface area (Å²) >= 11 is 1.70. The summed E-state index contributed by atoms with van der Waals surface area (Å²) in [6.07, 6.45) is 2.53. The topological polar surface area (TPSA) is 40.5 Å². The van der Waals surface area contributed by atoms with Crippen LogP contribution in [0.5, 0.6) is 0 Å². The lowest BCUT2D eigenvalue weighted by Gasteiger charge is -2.24. The Hall–Kier alpha value is -0.870. The van der Waals surface area contributed by atoms with Crippen LogP contribution in [-0.4, -0.2) is 29.1 Å². The van der Waals surface area contributed by atoms with E-state index in [1.54, 1.807) is 11.3 Å². The van der Waals surface area contributed by atoms with Gasteiger partial charge in [-0.2, -0.15) is 11.3 Å². The smallest absolute Gasteiger partial charge is 0.310 e. The quantitative estimate of drug-likeness (QED) is 0.877. The maximum Gasteiger partial charge on any atom is 0.310 e. The molecule has 1 unspecified atom stereocenters. The molecule has 3 nitrogen and oxygen atoms in total. The van der Waals surface area contributed by atoms with E-state index in [0.29, 0.717) is 6.54 Å². The van der Waals surface area contributed by atoms with Crippen molar-refractivity contribution < 1.29 is 9.90 Å². The van der Waals surface area contributed by atoms with Crippen LogP contribution in [0.2, 0.25) is 0 Å². The third kappa shape index (κ3) is 2.69. The molecule has 0 spiro atoms. The van der Waals surface area contributed by atoms with E-state index in [2.05, 4.69) is 28.7 Å². The highest BCUT2D eigenvalue weighted by Crippen LogP contribution is 2.36. The van der Waals surface area contributed by atoms with Gasteiger partial charge >= 0.3 is 5.97 Å². The summed E-state index contributed by atoms with van der Waals surface area (Å²) in [6.45, 7) is 4.56. The fraction of sp³-hybridized carbons (Fsp3) is 0.615. The summed E-state index contributed by atoms with van der Waals surface area (Å²) in [5, 5.41) is 13.6. The molecule has 0 aromatic carbocycles. The van der Waals surface area contributed by atoms with Gasteiger partial charge in [-0.05, 0) is 41.8 Å². The Labute approximate surface area is 106 Å². The molecule has 1 aromatic rings. The molecule has 1 atom stereocenters. The molecular weight excluding hydrogens is 234 g/mol. The monoisotopic (exact) mass is 253 g/mol. The van der Waals surface area contributed by atoms with Crippen molar-refractivity contribution in [3.05, 3.63) is 22.4 Å². The normalized spacial score (nSPS) is 25.2. The maximum absolute atomic E-state index is 11.4. The molecule has 0 aliphatic carbocycles. The number of carbonyl (C=O) groups is 1. The molecule has 4 heteroatoms. The predicted octanol–water partition coefficient (Wildman–Crippen LogP) is 2.82. The van der Waals surface area contributed by atoms with Gasteiger partial charge in [0.05, 0.1) is 5.41 Å². The average molecular weight is 253 g/mol.